The van der Waals surface area contributed by atoms with Crippen molar-refractivity contribution in [1.29, 1.82) is 0 Å². The number of nitrogens with two attached hydrogens (primary N) is 1. The minimum Gasteiger partial charge on any atom is -0.325 e. The largest absolute Gasteiger partial charge is 0.333 e. The maximum atomic E-state index is 12.7. The third-order valence-corrected chi connectivity index (χ3v) is 3.35. The summed E-state index contributed by atoms with van der Waals surface area (Å²) in [6.45, 7) is 10.1. The lowest BCUT2D eigenvalue weighted by molar-refractivity contribution is 0.402. The van der Waals surface area contributed by atoms with Gasteiger partial charge in [-0.05, 0) is 34.6 Å². The third kappa shape index (κ3) is 2.65. The second-order valence-corrected chi connectivity index (χ2v) is 6.33. The first-order valence-corrected chi connectivity index (χ1v) is 7.16. The Morgan fingerprint density at radius 1 is 1.33 bits per heavy atom. The molecule has 0 spiro atoms. The molecular weight excluding hydrogens is 270 g/mol. The molecule has 0 aliphatic carbocycles. The molecule has 2 heterocycles. The van der Waals surface area contributed by atoms with Crippen molar-refractivity contribution in [3.05, 3.63) is 27.2 Å². The number of nitrogens with zero attached hydrogens (tertiary/aromatic N) is 4. The van der Waals surface area contributed by atoms with E-state index in [0.717, 1.165) is 0 Å². The molecule has 0 aliphatic rings. The fraction of sp³-hybridized carbons (Fsp3) is 0.643. The minimum atomic E-state index is -0.650. The van der Waals surface area contributed by atoms with Gasteiger partial charge in [0, 0.05) is 24.7 Å². The lowest BCUT2D eigenvalue weighted by Gasteiger charge is -2.21. The maximum Gasteiger partial charge on any atom is 0.333 e. The number of fused-ring (bicyclic) bond motifs is 1. The van der Waals surface area contributed by atoms with Gasteiger partial charge >= 0.3 is 5.69 Å². The molecule has 0 atom stereocenters. The summed E-state index contributed by atoms with van der Waals surface area (Å²) in [5, 5.41) is 0. The van der Waals surface area contributed by atoms with Crippen LogP contribution in [0.15, 0.2) is 15.9 Å². The summed E-state index contributed by atoms with van der Waals surface area (Å²) < 4.78 is 4.53. The summed E-state index contributed by atoms with van der Waals surface area (Å²) >= 11 is 0. The number of hydrogen-bond acceptors (Lipinski definition) is 4. The van der Waals surface area contributed by atoms with Gasteiger partial charge in [0.05, 0.1) is 6.33 Å². The van der Waals surface area contributed by atoms with Crippen LogP contribution in [0.5, 0.6) is 0 Å². The summed E-state index contributed by atoms with van der Waals surface area (Å²) in [5.41, 5.74) is 5.54. The van der Waals surface area contributed by atoms with Crippen molar-refractivity contribution in [2.24, 2.45) is 5.73 Å². The van der Waals surface area contributed by atoms with E-state index in [-0.39, 0.29) is 23.8 Å². The SMILES string of the molecule is CCn1cnc2c1c(=O)n(CC(C)(C)N)c(=O)n2C(C)C. The molecule has 21 heavy (non-hydrogen) atoms. The fourth-order valence-corrected chi connectivity index (χ4v) is 2.45. The topological polar surface area (TPSA) is 87.8 Å². The molecule has 0 saturated heterocycles. The molecule has 2 aromatic rings. The Labute approximate surface area is 123 Å². The van der Waals surface area contributed by atoms with Crippen molar-refractivity contribution < 1.29 is 0 Å². The molecule has 0 saturated carbocycles. The van der Waals surface area contributed by atoms with Crippen molar-refractivity contribution in [1.82, 2.24) is 18.7 Å². The highest BCUT2D eigenvalue weighted by Gasteiger charge is 2.22. The van der Waals surface area contributed by atoms with Gasteiger partial charge in [0.1, 0.15) is 0 Å². The van der Waals surface area contributed by atoms with Gasteiger partial charge in [0.2, 0.25) is 0 Å². The first-order valence-electron chi connectivity index (χ1n) is 7.16. The highest BCUT2D eigenvalue weighted by Crippen LogP contribution is 2.12. The van der Waals surface area contributed by atoms with Gasteiger partial charge in [-0.15, -0.1) is 0 Å². The molecule has 7 heteroatoms. The molecule has 0 fully saturated rings. The van der Waals surface area contributed by atoms with Gasteiger partial charge < -0.3 is 10.3 Å². The van der Waals surface area contributed by atoms with Crippen LogP contribution in [0.4, 0.5) is 0 Å². The first kappa shape index (κ1) is 15.5. The van der Waals surface area contributed by atoms with E-state index < -0.39 is 5.54 Å². The normalized spacial score (nSPS) is 12.5. The molecule has 0 amide bonds. The Bertz CT molecular complexity index is 773. The zero-order valence-electron chi connectivity index (χ0n) is 13.3. The van der Waals surface area contributed by atoms with Crippen LogP contribution in [0.1, 0.15) is 40.7 Å². The predicted molar refractivity (Wildman–Crippen MR) is 82.6 cm³/mol. The highest BCUT2D eigenvalue weighted by atomic mass is 16.2. The molecule has 0 aromatic carbocycles. The Kier molecular flexibility index (Phi) is 3.79. The molecule has 0 aliphatic heterocycles. The van der Waals surface area contributed by atoms with E-state index >= 15 is 0 Å². The zero-order chi connectivity index (χ0) is 15.9. The maximum absolute atomic E-state index is 12.7. The van der Waals surface area contributed by atoms with Crippen LogP contribution in [0, 0.1) is 0 Å². The molecule has 116 valence electrons. The zero-order valence-corrected chi connectivity index (χ0v) is 13.3. The van der Waals surface area contributed by atoms with Crippen LogP contribution < -0.4 is 17.0 Å². The molecule has 2 N–H and O–H groups in total. The standard InChI is InChI=1S/C14H23N5O2/c1-6-17-8-16-11-10(17)12(20)18(7-14(4,5)15)13(21)19(11)9(2)3/h8-9H,6-7,15H2,1-5H3. The van der Waals surface area contributed by atoms with Gasteiger partial charge in [-0.25, -0.2) is 9.78 Å². The van der Waals surface area contributed by atoms with Crippen LogP contribution in [-0.2, 0) is 13.1 Å². The van der Waals surface area contributed by atoms with E-state index in [9.17, 15) is 9.59 Å². The molecule has 0 unspecified atom stereocenters. The fourth-order valence-electron chi connectivity index (χ4n) is 2.45. The Balaban J connectivity index is 2.92. The Morgan fingerprint density at radius 2 is 1.95 bits per heavy atom. The average Bonchev–Trinajstić information content (AvgIpc) is 2.76. The molecule has 2 rings (SSSR count). The second kappa shape index (κ2) is 5.14. The van der Waals surface area contributed by atoms with Crippen LogP contribution in [-0.4, -0.2) is 24.2 Å². The molecule has 0 bridgehead atoms. The summed E-state index contributed by atoms with van der Waals surface area (Å²) in [7, 11) is 0. The van der Waals surface area contributed by atoms with E-state index in [1.165, 1.54) is 4.57 Å². The Hall–Kier alpha value is -1.89. The van der Waals surface area contributed by atoms with Crippen molar-refractivity contribution in [2.75, 3.05) is 0 Å². The summed E-state index contributed by atoms with van der Waals surface area (Å²) in [6, 6.07) is -0.0899. The smallest absolute Gasteiger partial charge is 0.325 e. The summed E-state index contributed by atoms with van der Waals surface area (Å²) in [6.07, 6.45) is 1.60. The minimum absolute atomic E-state index is 0.0899. The van der Waals surface area contributed by atoms with Gasteiger partial charge in [-0.2, -0.15) is 0 Å². The first-order chi connectivity index (χ1) is 9.67. The highest BCUT2D eigenvalue weighted by molar-refractivity contribution is 5.70. The lowest BCUT2D eigenvalue weighted by atomic mass is 10.1. The van der Waals surface area contributed by atoms with Crippen LogP contribution in [0.25, 0.3) is 11.2 Å². The van der Waals surface area contributed by atoms with Crippen molar-refractivity contribution in [3.8, 4) is 0 Å². The summed E-state index contributed by atoms with van der Waals surface area (Å²) in [4.78, 5) is 29.6. The van der Waals surface area contributed by atoms with E-state index in [4.69, 9.17) is 5.73 Å². The number of hydrogen-bond donors (Lipinski definition) is 1. The van der Waals surface area contributed by atoms with E-state index in [1.54, 1.807) is 29.3 Å². The number of aromatic nitrogens is 4. The average molecular weight is 293 g/mol. The molecule has 0 radical (unpaired) electrons. The number of aryl methyl sites for hydroxylation is 1. The number of rotatable bonds is 4. The van der Waals surface area contributed by atoms with E-state index in [1.807, 2.05) is 20.8 Å². The Morgan fingerprint density at radius 3 is 2.43 bits per heavy atom. The van der Waals surface area contributed by atoms with E-state index in [2.05, 4.69) is 4.98 Å². The quantitative estimate of drug-likeness (QED) is 0.898. The van der Waals surface area contributed by atoms with Crippen LogP contribution >= 0.6 is 0 Å². The van der Waals surface area contributed by atoms with Crippen LogP contribution in [0.2, 0.25) is 0 Å². The van der Waals surface area contributed by atoms with Crippen molar-refractivity contribution in [2.45, 2.75) is 59.3 Å². The predicted octanol–water partition coefficient (Wildman–Crippen LogP) is 0.698. The molecular formula is C14H23N5O2. The molecule has 7 nitrogen and oxygen atoms in total. The third-order valence-electron chi connectivity index (χ3n) is 3.35. The lowest BCUT2D eigenvalue weighted by Crippen LogP contribution is -2.48. The van der Waals surface area contributed by atoms with Crippen molar-refractivity contribution >= 4 is 11.2 Å². The second-order valence-electron chi connectivity index (χ2n) is 6.33. The van der Waals surface area contributed by atoms with Gasteiger partial charge in [-0.1, -0.05) is 0 Å². The van der Waals surface area contributed by atoms with E-state index in [0.29, 0.717) is 17.7 Å². The summed E-state index contributed by atoms with van der Waals surface area (Å²) in [5.74, 6) is 0. The van der Waals surface area contributed by atoms with Gasteiger partial charge in [0.25, 0.3) is 5.56 Å². The van der Waals surface area contributed by atoms with Crippen LogP contribution in [0.3, 0.4) is 0 Å². The number of imidazole rings is 1. The van der Waals surface area contributed by atoms with Crippen molar-refractivity contribution in [3.63, 3.8) is 0 Å². The molecule has 2 aromatic heterocycles. The van der Waals surface area contributed by atoms with Gasteiger partial charge in [0.15, 0.2) is 11.2 Å². The van der Waals surface area contributed by atoms with Gasteiger partial charge in [-0.3, -0.25) is 13.9 Å². The monoisotopic (exact) mass is 293 g/mol.